The third-order valence-electron chi connectivity index (χ3n) is 2.18. The van der Waals surface area contributed by atoms with Gasteiger partial charge in [0.05, 0.1) is 17.7 Å². The predicted octanol–water partition coefficient (Wildman–Crippen LogP) is 3.03. The SMILES string of the molecule is O=Cc1cc(CO)c(C(F)(F)F)cc1C(F)(F)F. The molecule has 1 aromatic rings. The van der Waals surface area contributed by atoms with E-state index in [1.54, 1.807) is 0 Å². The molecule has 18 heavy (non-hydrogen) atoms. The monoisotopic (exact) mass is 272 g/mol. The quantitative estimate of drug-likeness (QED) is 0.663. The molecule has 0 aliphatic heterocycles. The normalized spacial score (nSPS) is 12.6. The van der Waals surface area contributed by atoms with Crippen molar-refractivity contribution in [1.82, 2.24) is 0 Å². The molecule has 0 amide bonds. The number of alkyl halides is 6. The van der Waals surface area contributed by atoms with Gasteiger partial charge in [-0.1, -0.05) is 0 Å². The summed E-state index contributed by atoms with van der Waals surface area (Å²) < 4.78 is 74.8. The molecule has 100 valence electrons. The summed E-state index contributed by atoms with van der Waals surface area (Å²) in [5.41, 5.74) is -5.01. The van der Waals surface area contributed by atoms with Crippen LogP contribution in [0.3, 0.4) is 0 Å². The fourth-order valence-electron chi connectivity index (χ4n) is 1.40. The molecule has 0 bridgehead atoms. The number of halogens is 6. The van der Waals surface area contributed by atoms with E-state index in [-0.39, 0.29) is 12.4 Å². The van der Waals surface area contributed by atoms with E-state index in [0.29, 0.717) is 6.07 Å². The maximum atomic E-state index is 12.5. The number of rotatable bonds is 2. The molecule has 0 aliphatic rings. The number of aliphatic hydroxyl groups excluding tert-OH is 1. The number of benzene rings is 1. The van der Waals surface area contributed by atoms with E-state index < -0.39 is 41.2 Å². The Bertz CT molecular complexity index is 461. The van der Waals surface area contributed by atoms with Gasteiger partial charge in [0.1, 0.15) is 0 Å². The molecule has 0 saturated heterocycles. The van der Waals surface area contributed by atoms with E-state index in [1.165, 1.54) is 0 Å². The van der Waals surface area contributed by atoms with Crippen LogP contribution in [0.5, 0.6) is 0 Å². The van der Waals surface area contributed by atoms with Crippen molar-refractivity contribution in [1.29, 1.82) is 0 Å². The van der Waals surface area contributed by atoms with Gasteiger partial charge in [0, 0.05) is 5.56 Å². The first-order valence-electron chi connectivity index (χ1n) is 4.48. The second-order valence-electron chi connectivity index (χ2n) is 3.37. The van der Waals surface area contributed by atoms with Gasteiger partial charge < -0.3 is 5.11 Å². The van der Waals surface area contributed by atoms with Crippen molar-refractivity contribution in [3.8, 4) is 0 Å². The van der Waals surface area contributed by atoms with Gasteiger partial charge in [0.25, 0.3) is 0 Å². The fraction of sp³-hybridized carbons (Fsp3) is 0.300. The fourth-order valence-corrected chi connectivity index (χ4v) is 1.40. The molecule has 0 saturated carbocycles. The number of carbonyl (C=O) groups excluding carboxylic acids is 1. The van der Waals surface area contributed by atoms with Gasteiger partial charge in [-0.25, -0.2) is 0 Å². The van der Waals surface area contributed by atoms with Crippen LogP contribution in [-0.4, -0.2) is 11.4 Å². The molecule has 0 radical (unpaired) electrons. The first-order chi connectivity index (χ1) is 8.11. The van der Waals surface area contributed by atoms with Gasteiger partial charge in [0.15, 0.2) is 6.29 Å². The summed E-state index contributed by atoms with van der Waals surface area (Å²) in [6, 6.07) is 0.216. The second kappa shape index (κ2) is 4.60. The van der Waals surface area contributed by atoms with Crippen molar-refractivity contribution in [3.63, 3.8) is 0 Å². The van der Waals surface area contributed by atoms with Crippen molar-refractivity contribution >= 4 is 6.29 Å². The summed E-state index contributed by atoms with van der Waals surface area (Å²) in [6.07, 6.45) is -10.3. The molecule has 1 aromatic carbocycles. The topological polar surface area (TPSA) is 37.3 Å². The van der Waals surface area contributed by atoms with Gasteiger partial charge in [-0.05, 0) is 17.7 Å². The standard InChI is InChI=1S/C10H6F6O2/c11-9(12,13)7-2-8(10(14,15)16)6(4-18)1-5(7)3-17/h1-3,18H,4H2. The molecule has 0 heterocycles. The largest absolute Gasteiger partial charge is 0.417 e. The van der Waals surface area contributed by atoms with E-state index in [1.807, 2.05) is 0 Å². The van der Waals surface area contributed by atoms with Crippen molar-refractivity contribution < 1.29 is 36.2 Å². The van der Waals surface area contributed by atoms with E-state index in [4.69, 9.17) is 5.11 Å². The Kier molecular flexibility index (Phi) is 3.70. The molecule has 0 fully saturated rings. The van der Waals surface area contributed by atoms with Crippen molar-refractivity contribution in [3.05, 3.63) is 34.4 Å². The van der Waals surface area contributed by atoms with Gasteiger partial charge in [-0.3, -0.25) is 4.79 Å². The van der Waals surface area contributed by atoms with Gasteiger partial charge in [-0.2, -0.15) is 26.3 Å². The highest BCUT2D eigenvalue weighted by Crippen LogP contribution is 2.38. The van der Waals surface area contributed by atoms with E-state index in [9.17, 15) is 31.1 Å². The summed E-state index contributed by atoms with van der Waals surface area (Å²) >= 11 is 0. The van der Waals surface area contributed by atoms with E-state index in [2.05, 4.69) is 0 Å². The smallest absolute Gasteiger partial charge is 0.392 e. The zero-order valence-corrected chi connectivity index (χ0v) is 8.56. The third kappa shape index (κ3) is 2.81. The Balaban J connectivity index is 3.60. The Labute approximate surface area is 96.8 Å². The molecule has 8 heteroatoms. The average Bonchev–Trinajstić information content (AvgIpc) is 2.24. The second-order valence-corrected chi connectivity index (χ2v) is 3.37. The summed E-state index contributed by atoms with van der Waals surface area (Å²) in [4.78, 5) is 10.4. The van der Waals surface area contributed by atoms with Crippen LogP contribution < -0.4 is 0 Å². The Morgan fingerprint density at radius 1 is 1.00 bits per heavy atom. The number of hydrogen-bond acceptors (Lipinski definition) is 2. The highest BCUT2D eigenvalue weighted by Gasteiger charge is 2.39. The molecule has 0 atom stereocenters. The maximum absolute atomic E-state index is 12.5. The van der Waals surface area contributed by atoms with E-state index in [0.717, 1.165) is 0 Å². The summed E-state index contributed by atoms with van der Waals surface area (Å²) in [7, 11) is 0. The minimum Gasteiger partial charge on any atom is -0.392 e. The van der Waals surface area contributed by atoms with E-state index >= 15 is 0 Å². The lowest BCUT2D eigenvalue weighted by molar-refractivity contribution is -0.143. The van der Waals surface area contributed by atoms with Crippen molar-refractivity contribution in [2.24, 2.45) is 0 Å². The number of aliphatic hydroxyl groups is 1. The Morgan fingerprint density at radius 3 is 1.83 bits per heavy atom. The molecule has 0 unspecified atom stereocenters. The van der Waals surface area contributed by atoms with Crippen LogP contribution in [0.4, 0.5) is 26.3 Å². The molecule has 2 nitrogen and oxygen atoms in total. The van der Waals surface area contributed by atoms with Gasteiger partial charge in [-0.15, -0.1) is 0 Å². The molecule has 0 aliphatic carbocycles. The third-order valence-corrected chi connectivity index (χ3v) is 2.18. The van der Waals surface area contributed by atoms with Crippen LogP contribution in [0.15, 0.2) is 12.1 Å². The molecule has 1 rings (SSSR count). The lowest BCUT2D eigenvalue weighted by atomic mass is 9.98. The lowest BCUT2D eigenvalue weighted by Gasteiger charge is -2.16. The molecular weight excluding hydrogens is 266 g/mol. The van der Waals surface area contributed by atoms with Crippen LogP contribution in [0.1, 0.15) is 27.0 Å². The van der Waals surface area contributed by atoms with Crippen LogP contribution in [0.25, 0.3) is 0 Å². The first kappa shape index (κ1) is 14.5. The van der Waals surface area contributed by atoms with Crippen LogP contribution in [-0.2, 0) is 19.0 Å². The van der Waals surface area contributed by atoms with Crippen LogP contribution in [0.2, 0.25) is 0 Å². The highest BCUT2D eigenvalue weighted by molar-refractivity contribution is 5.78. The van der Waals surface area contributed by atoms with Crippen molar-refractivity contribution in [2.75, 3.05) is 0 Å². The van der Waals surface area contributed by atoms with Gasteiger partial charge in [0.2, 0.25) is 0 Å². The predicted molar refractivity (Wildman–Crippen MR) is 47.8 cm³/mol. The summed E-state index contributed by atoms with van der Waals surface area (Å²) in [6.45, 7) is -1.12. The lowest BCUT2D eigenvalue weighted by Crippen LogP contribution is -2.16. The first-order valence-corrected chi connectivity index (χ1v) is 4.48. The van der Waals surface area contributed by atoms with Gasteiger partial charge >= 0.3 is 12.4 Å². The number of carbonyl (C=O) groups is 1. The Morgan fingerprint density at radius 2 is 1.50 bits per heavy atom. The Hall–Kier alpha value is -1.57. The average molecular weight is 272 g/mol. The summed E-state index contributed by atoms with van der Waals surface area (Å²) in [5, 5.41) is 8.70. The minimum absolute atomic E-state index is 0.171. The van der Waals surface area contributed by atoms with Crippen LogP contribution >= 0.6 is 0 Å². The maximum Gasteiger partial charge on any atom is 0.417 e. The molecule has 1 N–H and O–H groups in total. The molecular formula is C10H6F6O2. The summed E-state index contributed by atoms with van der Waals surface area (Å²) in [5.74, 6) is 0. The number of hydrogen-bond donors (Lipinski definition) is 1. The minimum atomic E-state index is -5.08. The number of aldehydes is 1. The zero-order valence-electron chi connectivity index (χ0n) is 8.56. The van der Waals surface area contributed by atoms with Crippen LogP contribution in [0, 0.1) is 0 Å². The highest BCUT2D eigenvalue weighted by atomic mass is 19.4. The molecule has 0 spiro atoms. The van der Waals surface area contributed by atoms with Crippen molar-refractivity contribution in [2.45, 2.75) is 19.0 Å². The zero-order chi connectivity index (χ0) is 14.1. The molecule has 0 aromatic heterocycles.